The molecular formula is C11H14BrNO2. The first-order valence-corrected chi connectivity index (χ1v) is 5.77. The molecule has 0 amide bonds. The Labute approximate surface area is 97.9 Å². The predicted molar refractivity (Wildman–Crippen MR) is 62.2 cm³/mol. The summed E-state index contributed by atoms with van der Waals surface area (Å²) in [6.07, 6.45) is 0. The van der Waals surface area contributed by atoms with Crippen molar-refractivity contribution >= 4 is 15.9 Å². The number of fused-ring (bicyclic) bond motifs is 1. The minimum Gasteiger partial charge on any atom is -0.454 e. The molecule has 0 saturated heterocycles. The smallest absolute Gasteiger partial charge is 0.231 e. The highest BCUT2D eigenvalue weighted by Crippen LogP contribution is 2.36. The van der Waals surface area contributed by atoms with Gasteiger partial charge in [0.25, 0.3) is 0 Å². The summed E-state index contributed by atoms with van der Waals surface area (Å²) in [5.74, 6) is 1.65. The van der Waals surface area contributed by atoms with Crippen LogP contribution in [0.4, 0.5) is 0 Å². The van der Waals surface area contributed by atoms with Crippen molar-refractivity contribution < 1.29 is 9.47 Å². The van der Waals surface area contributed by atoms with Crippen LogP contribution < -0.4 is 14.8 Å². The normalized spacial score (nSPS) is 13.6. The number of halogens is 1. The molecule has 0 spiro atoms. The third kappa shape index (κ3) is 2.44. The van der Waals surface area contributed by atoms with Gasteiger partial charge in [-0.15, -0.1) is 0 Å². The highest BCUT2D eigenvalue weighted by Gasteiger charge is 2.15. The lowest BCUT2D eigenvalue weighted by Gasteiger charge is -2.10. The average Bonchev–Trinajstić information content (AvgIpc) is 2.60. The van der Waals surface area contributed by atoms with Gasteiger partial charge in [-0.3, -0.25) is 0 Å². The summed E-state index contributed by atoms with van der Waals surface area (Å²) in [7, 11) is 0. The van der Waals surface area contributed by atoms with Crippen LogP contribution in [-0.2, 0) is 6.54 Å². The quantitative estimate of drug-likeness (QED) is 0.917. The number of benzene rings is 1. The van der Waals surface area contributed by atoms with Crippen LogP contribution in [-0.4, -0.2) is 12.8 Å². The Hall–Kier alpha value is -0.740. The van der Waals surface area contributed by atoms with Crippen LogP contribution >= 0.6 is 15.9 Å². The van der Waals surface area contributed by atoms with Crippen molar-refractivity contribution in [2.24, 2.45) is 0 Å². The monoisotopic (exact) mass is 271 g/mol. The summed E-state index contributed by atoms with van der Waals surface area (Å²) in [6, 6.07) is 4.45. The zero-order valence-electron chi connectivity index (χ0n) is 8.84. The van der Waals surface area contributed by atoms with E-state index in [9.17, 15) is 0 Å². The Balaban J connectivity index is 2.17. The summed E-state index contributed by atoms with van der Waals surface area (Å²) >= 11 is 3.52. The molecule has 0 aliphatic carbocycles. The second-order valence-corrected chi connectivity index (χ2v) is 4.69. The van der Waals surface area contributed by atoms with Gasteiger partial charge >= 0.3 is 0 Å². The van der Waals surface area contributed by atoms with Gasteiger partial charge in [0.1, 0.15) is 0 Å². The van der Waals surface area contributed by atoms with Gasteiger partial charge in [0.2, 0.25) is 6.79 Å². The third-order valence-corrected chi connectivity index (χ3v) is 2.98. The highest BCUT2D eigenvalue weighted by molar-refractivity contribution is 9.10. The second-order valence-electron chi connectivity index (χ2n) is 3.83. The van der Waals surface area contributed by atoms with E-state index in [-0.39, 0.29) is 0 Å². The molecule has 4 heteroatoms. The molecule has 1 aromatic rings. The SMILES string of the molecule is CC(C)NCc1cc2c(cc1Br)OCO2. The molecule has 15 heavy (non-hydrogen) atoms. The molecule has 0 aromatic heterocycles. The van der Waals surface area contributed by atoms with Crippen molar-refractivity contribution in [3.63, 3.8) is 0 Å². The Morgan fingerprint density at radius 3 is 2.67 bits per heavy atom. The van der Waals surface area contributed by atoms with Gasteiger partial charge < -0.3 is 14.8 Å². The molecule has 1 aliphatic heterocycles. The van der Waals surface area contributed by atoms with Crippen LogP contribution in [0.5, 0.6) is 11.5 Å². The molecule has 1 N–H and O–H groups in total. The molecular weight excluding hydrogens is 258 g/mol. The van der Waals surface area contributed by atoms with Crippen LogP contribution in [0.3, 0.4) is 0 Å². The van der Waals surface area contributed by atoms with E-state index in [1.165, 1.54) is 5.56 Å². The van der Waals surface area contributed by atoms with Crippen molar-refractivity contribution in [1.82, 2.24) is 5.32 Å². The van der Waals surface area contributed by atoms with Crippen molar-refractivity contribution in [2.45, 2.75) is 26.4 Å². The van der Waals surface area contributed by atoms with Gasteiger partial charge in [-0.1, -0.05) is 29.8 Å². The van der Waals surface area contributed by atoms with Gasteiger partial charge in [0, 0.05) is 17.1 Å². The Kier molecular flexibility index (Phi) is 3.17. The molecule has 1 aliphatic rings. The first kappa shape index (κ1) is 10.8. The van der Waals surface area contributed by atoms with Crippen molar-refractivity contribution in [2.75, 3.05) is 6.79 Å². The zero-order chi connectivity index (χ0) is 10.8. The van der Waals surface area contributed by atoms with Crippen molar-refractivity contribution in [3.05, 3.63) is 22.2 Å². The van der Waals surface area contributed by atoms with Crippen LogP contribution in [0, 0.1) is 0 Å². The lowest BCUT2D eigenvalue weighted by Crippen LogP contribution is -2.21. The fourth-order valence-electron chi connectivity index (χ4n) is 1.41. The summed E-state index contributed by atoms with van der Waals surface area (Å²) in [6.45, 7) is 5.40. The molecule has 2 rings (SSSR count). The molecule has 0 saturated carbocycles. The van der Waals surface area contributed by atoms with Gasteiger partial charge in [-0.05, 0) is 17.7 Å². The Morgan fingerprint density at radius 2 is 2.00 bits per heavy atom. The van der Waals surface area contributed by atoms with E-state index in [0.29, 0.717) is 12.8 Å². The van der Waals surface area contributed by atoms with E-state index in [0.717, 1.165) is 22.5 Å². The van der Waals surface area contributed by atoms with Crippen LogP contribution in [0.15, 0.2) is 16.6 Å². The van der Waals surface area contributed by atoms with Gasteiger partial charge in [0.05, 0.1) is 0 Å². The first-order valence-electron chi connectivity index (χ1n) is 4.98. The maximum atomic E-state index is 5.33. The fraction of sp³-hybridized carbons (Fsp3) is 0.455. The van der Waals surface area contributed by atoms with Crippen LogP contribution in [0.25, 0.3) is 0 Å². The van der Waals surface area contributed by atoms with E-state index >= 15 is 0 Å². The molecule has 82 valence electrons. The molecule has 0 radical (unpaired) electrons. The Bertz CT molecular complexity index is 366. The Morgan fingerprint density at radius 1 is 1.33 bits per heavy atom. The maximum Gasteiger partial charge on any atom is 0.231 e. The van der Waals surface area contributed by atoms with Crippen LogP contribution in [0.1, 0.15) is 19.4 Å². The first-order chi connectivity index (χ1) is 7.16. The van der Waals surface area contributed by atoms with Crippen molar-refractivity contribution in [3.8, 4) is 11.5 Å². The minimum atomic E-state index is 0.322. The summed E-state index contributed by atoms with van der Waals surface area (Å²) in [4.78, 5) is 0. The fourth-order valence-corrected chi connectivity index (χ4v) is 1.87. The molecule has 1 aromatic carbocycles. The average molecular weight is 272 g/mol. The standard InChI is InChI=1S/C11H14BrNO2/c1-7(2)13-5-8-3-10-11(4-9(8)12)15-6-14-10/h3-4,7,13H,5-6H2,1-2H3. The largest absolute Gasteiger partial charge is 0.454 e. The number of hydrogen-bond acceptors (Lipinski definition) is 3. The number of nitrogens with one attached hydrogen (secondary N) is 1. The molecule has 0 bridgehead atoms. The topological polar surface area (TPSA) is 30.5 Å². The van der Waals surface area contributed by atoms with E-state index < -0.39 is 0 Å². The molecule has 0 atom stereocenters. The highest BCUT2D eigenvalue weighted by atomic mass is 79.9. The van der Waals surface area contributed by atoms with E-state index in [1.807, 2.05) is 12.1 Å². The summed E-state index contributed by atoms with van der Waals surface area (Å²) < 4.78 is 11.7. The summed E-state index contributed by atoms with van der Waals surface area (Å²) in [5, 5.41) is 3.37. The zero-order valence-corrected chi connectivity index (χ0v) is 10.4. The van der Waals surface area contributed by atoms with E-state index in [2.05, 4.69) is 35.1 Å². The van der Waals surface area contributed by atoms with Gasteiger partial charge in [-0.2, -0.15) is 0 Å². The maximum absolute atomic E-state index is 5.33. The second kappa shape index (κ2) is 4.41. The van der Waals surface area contributed by atoms with Gasteiger partial charge in [0.15, 0.2) is 11.5 Å². The number of ether oxygens (including phenoxy) is 2. The lowest BCUT2D eigenvalue weighted by molar-refractivity contribution is 0.174. The molecule has 1 heterocycles. The number of hydrogen-bond donors (Lipinski definition) is 1. The number of rotatable bonds is 3. The van der Waals surface area contributed by atoms with E-state index in [4.69, 9.17) is 9.47 Å². The summed E-state index contributed by atoms with van der Waals surface area (Å²) in [5.41, 5.74) is 1.19. The van der Waals surface area contributed by atoms with E-state index in [1.54, 1.807) is 0 Å². The van der Waals surface area contributed by atoms with Gasteiger partial charge in [-0.25, -0.2) is 0 Å². The predicted octanol–water partition coefficient (Wildman–Crippen LogP) is 2.68. The van der Waals surface area contributed by atoms with Crippen LogP contribution in [0.2, 0.25) is 0 Å². The third-order valence-electron chi connectivity index (χ3n) is 2.24. The molecule has 0 unspecified atom stereocenters. The van der Waals surface area contributed by atoms with Crippen molar-refractivity contribution in [1.29, 1.82) is 0 Å². The lowest BCUT2D eigenvalue weighted by atomic mass is 10.2. The minimum absolute atomic E-state index is 0.322. The molecule has 3 nitrogen and oxygen atoms in total. The molecule has 0 fully saturated rings.